The molecule has 0 spiro atoms. The van der Waals surface area contributed by atoms with E-state index in [4.69, 9.17) is 0 Å². The zero-order valence-electron chi connectivity index (χ0n) is 9.77. The summed E-state index contributed by atoms with van der Waals surface area (Å²) in [5, 5.41) is 3.64. The van der Waals surface area contributed by atoms with Gasteiger partial charge in [-0.15, -0.1) is 6.58 Å². The molecule has 1 nitrogen and oxygen atoms in total. The van der Waals surface area contributed by atoms with Crippen LogP contribution in [0.5, 0.6) is 0 Å². The molecule has 0 unspecified atom stereocenters. The second kappa shape index (κ2) is 3.10. The molecule has 0 aromatic rings. The van der Waals surface area contributed by atoms with E-state index in [2.05, 4.69) is 32.7 Å². The Balaban J connectivity index is 2.14. The molecule has 0 amide bonds. The van der Waals surface area contributed by atoms with Crippen LogP contribution in [0.4, 0.5) is 0 Å². The van der Waals surface area contributed by atoms with Crippen molar-refractivity contribution in [3.8, 4) is 0 Å². The first-order chi connectivity index (χ1) is 6.52. The predicted molar refractivity (Wildman–Crippen MR) is 61.2 cm³/mol. The van der Waals surface area contributed by atoms with Gasteiger partial charge in [-0.3, -0.25) is 0 Å². The standard InChI is InChI=1S/C13H23N/c1-5-8-14-11-9-10-6-7-13(11,4)12(10,2)3/h5,10-11,14H,1,6-9H2,2-4H3/t10-,11+,13-/m1/s1. The van der Waals surface area contributed by atoms with Crippen molar-refractivity contribution in [1.29, 1.82) is 0 Å². The first kappa shape index (κ1) is 10.2. The lowest BCUT2D eigenvalue weighted by Gasteiger charge is -2.39. The number of nitrogens with one attached hydrogen (secondary N) is 1. The third kappa shape index (κ3) is 1.11. The molecule has 0 radical (unpaired) electrons. The number of hydrogen-bond acceptors (Lipinski definition) is 1. The third-order valence-electron chi connectivity index (χ3n) is 5.30. The van der Waals surface area contributed by atoms with E-state index in [1.807, 2.05) is 6.08 Å². The fraction of sp³-hybridized carbons (Fsp3) is 0.846. The van der Waals surface area contributed by atoms with Gasteiger partial charge in [0.1, 0.15) is 0 Å². The summed E-state index contributed by atoms with van der Waals surface area (Å²) in [4.78, 5) is 0. The lowest BCUT2D eigenvalue weighted by atomic mass is 9.69. The molecule has 2 saturated carbocycles. The fourth-order valence-electron chi connectivity index (χ4n) is 3.74. The molecule has 1 heteroatoms. The van der Waals surface area contributed by atoms with Crippen molar-refractivity contribution in [1.82, 2.24) is 5.32 Å². The Morgan fingerprint density at radius 1 is 1.43 bits per heavy atom. The summed E-state index contributed by atoms with van der Waals surface area (Å²) in [6.45, 7) is 12.1. The van der Waals surface area contributed by atoms with Gasteiger partial charge in [0.2, 0.25) is 0 Å². The van der Waals surface area contributed by atoms with Gasteiger partial charge in [-0.1, -0.05) is 26.8 Å². The Hall–Kier alpha value is -0.300. The average molecular weight is 193 g/mol. The minimum Gasteiger partial charge on any atom is -0.310 e. The molecule has 0 aromatic carbocycles. The van der Waals surface area contributed by atoms with E-state index in [0.717, 1.165) is 12.5 Å². The van der Waals surface area contributed by atoms with Crippen LogP contribution >= 0.6 is 0 Å². The van der Waals surface area contributed by atoms with Crippen LogP contribution in [0.1, 0.15) is 40.0 Å². The molecule has 14 heavy (non-hydrogen) atoms. The Morgan fingerprint density at radius 2 is 2.14 bits per heavy atom. The highest BCUT2D eigenvalue weighted by atomic mass is 15.0. The van der Waals surface area contributed by atoms with Gasteiger partial charge in [0, 0.05) is 12.6 Å². The van der Waals surface area contributed by atoms with Crippen molar-refractivity contribution >= 4 is 0 Å². The maximum atomic E-state index is 3.78. The van der Waals surface area contributed by atoms with Crippen LogP contribution in [0.25, 0.3) is 0 Å². The van der Waals surface area contributed by atoms with Crippen LogP contribution < -0.4 is 5.32 Å². The van der Waals surface area contributed by atoms with Gasteiger partial charge < -0.3 is 5.32 Å². The highest BCUT2D eigenvalue weighted by molar-refractivity contribution is 5.13. The van der Waals surface area contributed by atoms with Gasteiger partial charge in [0.25, 0.3) is 0 Å². The van der Waals surface area contributed by atoms with E-state index < -0.39 is 0 Å². The summed E-state index contributed by atoms with van der Waals surface area (Å²) in [5.41, 5.74) is 1.05. The van der Waals surface area contributed by atoms with Crippen LogP contribution in [-0.2, 0) is 0 Å². The molecule has 0 aromatic heterocycles. The Bertz CT molecular complexity index is 244. The van der Waals surface area contributed by atoms with Crippen molar-refractivity contribution in [3.05, 3.63) is 12.7 Å². The van der Waals surface area contributed by atoms with E-state index in [1.54, 1.807) is 0 Å². The summed E-state index contributed by atoms with van der Waals surface area (Å²) in [7, 11) is 0. The van der Waals surface area contributed by atoms with Crippen LogP contribution in [0, 0.1) is 16.7 Å². The molecule has 0 heterocycles. The minimum absolute atomic E-state index is 0.515. The third-order valence-corrected chi connectivity index (χ3v) is 5.30. The van der Waals surface area contributed by atoms with Gasteiger partial charge in [-0.25, -0.2) is 0 Å². The summed E-state index contributed by atoms with van der Waals surface area (Å²) < 4.78 is 0. The van der Waals surface area contributed by atoms with E-state index in [1.165, 1.54) is 19.3 Å². The molecule has 2 bridgehead atoms. The molecular formula is C13H23N. The topological polar surface area (TPSA) is 12.0 Å². The molecule has 0 aliphatic heterocycles. The van der Waals surface area contributed by atoms with Gasteiger partial charge in [0.15, 0.2) is 0 Å². The van der Waals surface area contributed by atoms with Crippen LogP contribution in [0.15, 0.2) is 12.7 Å². The van der Waals surface area contributed by atoms with Crippen LogP contribution in [0.3, 0.4) is 0 Å². The smallest absolute Gasteiger partial charge is 0.0135 e. The first-order valence-electron chi connectivity index (χ1n) is 5.86. The Morgan fingerprint density at radius 3 is 2.57 bits per heavy atom. The van der Waals surface area contributed by atoms with Gasteiger partial charge in [-0.2, -0.15) is 0 Å². The summed E-state index contributed by atoms with van der Waals surface area (Å²) >= 11 is 0. The van der Waals surface area contributed by atoms with Crippen LogP contribution in [0.2, 0.25) is 0 Å². The maximum Gasteiger partial charge on any atom is 0.0135 e. The van der Waals surface area contributed by atoms with Crippen molar-refractivity contribution in [2.45, 2.75) is 46.1 Å². The zero-order chi connectivity index (χ0) is 10.4. The Kier molecular flexibility index (Phi) is 2.26. The lowest BCUT2D eigenvalue weighted by molar-refractivity contribution is 0.123. The number of rotatable bonds is 3. The summed E-state index contributed by atoms with van der Waals surface area (Å²) in [5.74, 6) is 0.940. The first-order valence-corrected chi connectivity index (χ1v) is 5.86. The van der Waals surface area contributed by atoms with E-state index in [9.17, 15) is 0 Å². The molecule has 3 atom stereocenters. The molecule has 2 aliphatic rings. The van der Waals surface area contributed by atoms with Crippen molar-refractivity contribution in [2.24, 2.45) is 16.7 Å². The molecule has 2 rings (SSSR count). The number of fused-ring (bicyclic) bond motifs is 2. The second-order valence-electron chi connectivity index (χ2n) is 5.86. The van der Waals surface area contributed by atoms with Crippen molar-refractivity contribution in [2.75, 3.05) is 6.54 Å². The largest absolute Gasteiger partial charge is 0.310 e. The monoisotopic (exact) mass is 193 g/mol. The molecule has 0 saturated heterocycles. The predicted octanol–water partition coefficient (Wildman–Crippen LogP) is 2.98. The average Bonchev–Trinajstić information content (AvgIpc) is 2.46. The highest BCUT2D eigenvalue weighted by Crippen LogP contribution is 2.65. The highest BCUT2D eigenvalue weighted by Gasteiger charge is 2.60. The Labute approximate surface area is 88.0 Å². The lowest BCUT2D eigenvalue weighted by Crippen LogP contribution is -2.44. The fourth-order valence-corrected chi connectivity index (χ4v) is 3.74. The molecule has 80 valence electrons. The molecule has 2 aliphatic carbocycles. The minimum atomic E-state index is 0.515. The molecular weight excluding hydrogens is 170 g/mol. The van der Waals surface area contributed by atoms with Crippen LogP contribution in [-0.4, -0.2) is 12.6 Å². The zero-order valence-corrected chi connectivity index (χ0v) is 9.77. The van der Waals surface area contributed by atoms with E-state index in [-0.39, 0.29) is 0 Å². The second-order valence-corrected chi connectivity index (χ2v) is 5.86. The number of hydrogen-bond donors (Lipinski definition) is 1. The van der Waals surface area contributed by atoms with Gasteiger partial charge >= 0.3 is 0 Å². The van der Waals surface area contributed by atoms with Gasteiger partial charge in [-0.05, 0) is 36.0 Å². The quantitative estimate of drug-likeness (QED) is 0.679. The maximum absolute atomic E-state index is 3.78. The molecule has 1 N–H and O–H groups in total. The summed E-state index contributed by atoms with van der Waals surface area (Å²) in [6.07, 6.45) is 6.19. The molecule has 2 fully saturated rings. The summed E-state index contributed by atoms with van der Waals surface area (Å²) in [6, 6.07) is 0.717. The van der Waals surface area contributed by atoms with Gasteiger partial charge in [0.05, 0.1) is 0 Å². The normalized spacial score (nSPS) is 44.2. The van der Waals surface area contributed by atoms with Crippen molar-refractivity contribution < 1.29 is 0 Å². The van der Waals surface area contributed by atoms with E-state index in [0.29, 0.717) is 16.9 Å². The SMILES string of the molecule is C=CCN[C@H]1C[C@H]2CC[C@@]1(C)C2(C)C. The van der Waals surface area contributed by atoms with Crippen molar-refractivity contribution in [3.63, 3.8) is 0 Å². The van der Waals surface area contributed by atoms with E-state index >= 15 is 0 Å².